The Hall–Kier alpha value is -0.850. The third-order valence-electron chi connectivity index (χ3n) is 6.80. The predicted molar refractivity (Wildman–Crippen MR) is 101 cm³/mol. The Morgan fingerprint density at radius 3 is 2.70 bits per heavy atom. The first-order chi connectivity index (χ1) is 11.3. The van der Waals surface area contributed by atoms with E-state index in [9.17, 15) is 0 Å². The third-order valence-corrected chi connectivity index (χ3v) is 6.80. The molecule has 1 nitrogen and oxygen atoms in total. The number of hydrogen-bond donors (Lipinski definition) is 0. The fraction of sp³-hybridized carbons (Fsp3) is 0.773. The lowest BCUT2D eigenvalue weighted by Crippen LogP contribution is -2.40. The molecule has 5 unspecified atom stereocenters. The largest absolute Gasteiger partial charge is 0.293 e. The minimum atomic E-state index is 0.821. The summed E-state index contributed by atoms with van der Waals surface area (Å²) in [5.41, 5.74) is 2.89. The Morgan fingerprint density at radius 2 is 1.96 bits per heavy atom. The molecule has 1 heteroatoms. The molecular weight excluding hydrogens is 278 g/mol. The van der Waals surface area contributed by atoms with Crippen LogP contribution in [0.2, 0.25) is 0 Å². The zero-order valence-corrected chi connectivity index (χ0v) is 15.4. The molecule has 1 fully saturated rings. The van der Waals surface area contributed by atoms with Gasteiger partial charge in [-0.3, -0.25) is 4.99 Å². The molecule has 0 aliphatic heterocycles. The van der Waals surface area contributed by atoms with Crippen LogP contribution in [0.5, 0.6) is 0 Å². The van der Waals surface area contributed by atoms with E-state index in [0.29, 0.717) is 0 Å². The van der Waals surface area contributed by atoms with Crippen LogP contribution in [0.4, 0.5) is 0 Å². The molecule has 3 aliphatic rings. The zero-order valence-electron chi connectivity index (χ0n) is 15.4. The maximum absolute atomic E-state index is 4.44. The molecule has 3 aliphatic carbocycles. The van der Waals surface area contributed by atoms with E-state index in [1.54, 1.807) is 5.57 Å². The van der Waals surface area contributed by atoms with Gasteiger partial charge in [-0.2, -0.15) is 0 Å². The van der Waals surface area contributed by atoms with Crippen molar-refractivity contribution in [1.29, 1.82) is 0 Å². The predicted octanol–water partition coefficient (Wildman–Crippen LogP) is 6.21. The first-order valence-corrected chi connectivity index (χ1v) is 10.1. The van der Waals surface area contributed by atoms with Gasteiger partial charge in [-0.15, -0.1) is 0 Å². The molecule has 0 heterocycles. The van der Waals surface area contributed by atoms with E-state index in [0.717, 1.165) is 29.6 Å². The van der Waals surface area contributed by atoms with E-state index < -0.39 is 0 Å². The van der Waals surface area contributed by atoms with Crippen molar-refractivity contribution in [3.05, 3.63) is 23.8 Å². The molecule has 0 aromatic heterocycles. The van der Waals surface area contributed by atoms with Crippen molar-refractivity contribution < 1.29 is 0 Å². The van der Waals surface area contributed by atoms with Gasteiger partial charge in [0.05, 0.1) is 0 Å². The van der Waals surface area contributed by atoms with Gasteiger partial charge in [0.25, 0.3) is 0 Å². The molecule has 23 heavy (non-hydrogen) atoms. The molecule has 1 saturated carbocycles. The molecule has 0 saturated heterocycles. The highest BCUT2D eigenvalue weighted by atomic mass is 14.7. The Bertz CT molecular complexity index is 484. The highest BCUT2D eigenvalue weighted by Crippen LogP contribution is 2.52. The van der Waals surface area contributed by atoms with Crippen molar-refractivity contribution in [2.24, 2.45) is 34.6 Å². The van der Waals surface area contributed by atoms with Gasteiger partial charge in [-0.25, -0.2) is 0 Å². The van der Waals surface area contributed by atoms with Crippen molar-refractivity contribution in [1.82, 2.24) is 0 Å². The summed E-state index contributed by atoms with van der Waals surface area (Å²) in [5.74, 6) is 4.53. The number of fused-ring (bicyclic) bond motifs is 3. The van der Waals surface area contributed by atoms with Gasteiger partial charge in [0.1, 0.15) is 0 Å². The summed E-state index contributed by atoms with van der Waals surface area (Å²) in [5, 5.41) is 0. The molecule has 0 bridgehead atoms. The molecule has 0 spiro atoms. The summed E-state index contributed by atoms with van der Waals surface area (Å²) in [6.07, 6.45) is 20.0. The smallest absolute Gasteiger partial charge is 0.0347 e. The minimum Gasteiger partial charge on any atom is -0.293 e. The number of aliphatic imine (C=N–C) groups is 1. The topological polar surface area (TPSA) is 12.4 Å². The van der Waals surface area contributed by atoms with Gasteiger partial charge >= 0.3 is 0 Å². The van der Waals surface area contributed by atoms with Crippen LogP contribution in [0.25, 0.3) is 0 Å². The van der Waals surface area contributed by atoms with Crippen LogP contribution < -0.4 is 0 Å². The lowest BCUT2D eigenvalue weighted by Gasteiger charge is -2.48. The average molecular weight is 314 g/mol. The van der Waals surface area contributed by atoms with Crippen molar-refractivity contribution in [3.63, 3.8) is 0 Å². The number of nitrogens with zero attached hydrogens (tertiary/aromatic N) is 1. The number of allylic oxidation sites excluding steroid dienone is 4. The Labute approximate surface area is 143 Å². The quantitative estimate of drug-likeness (QED) is 0.572. The standard InChI is InChI=1S/C22H35N/c1-4-6-8-16-9-12-22-20-14-11-18(23-3)15-17(20)10-13-21(22)19(16)7-5-2/h10,13,15-16,19-22H,4-9,11-12,14H2,1-3H3/b23-18+. The second-order valence-electron chi connectivity index (χ2n) is 8.04. The van der Waals surface area contributed by atoms with Gasteiger partial charge in [0.15, 0.2) is 0 Å². The van der Waals surface area contributed by atoms with Crippen molar-refractivity contribution >= 4 is 5.71 Å². The number of unbranched alkanes of at least 4 members (excludes halogenated alkanes) is 1. The molecule has 0 radical (unpaired) electrons. The van der Waals surface area contributed by atoms with Crippen LogP contribution >= 0.6 is 0 Å². The van der Waals surface area contributed by atoms with Crippen LogP contribution in [-0.2, 0) is 0 Å². The van der Waals surface area contributed by atoms with Crippen LogP contribution in [0.15, 0.2) is 28.8 Å². The molecule has 3 rings (SSSR count). The summed E-state index contributed by atoms with van der Waals surface area (Å²) < 4.78 is 0. The van der Waals surface area contributed by atoms with Gasteiger partial charge in [-0.1, -0.05) is 51.7 Å². The summed E-state index contributed by atoms with van der Waals surface area (Å²) in [4.78, 5) is 4.44. The number of hydrogen-bond acceptors (Lipinski definition) is 1. The second kappa shape index (κ2) is 7.81. The zero-order chi connectivity index (χ0) is 16.2. The van der Waals surface area contributed by atoms with E-state index in [1.807, 2.05) is 7.05 Å². The summed E-state index contributed by atoms with van der Waals surface area (Å²) in [7, 11) is 1.94. The minimum absolute atomic E-state index is 0.821. The second-order valence-corrected chi connectivity index (χ2v) is 8.04. The van der Waals surface area contributed by atoms with Gasteiger partial charge in [0, 0.05) is 12.8 Å². The molecule has 0 N–H and O–H groups in total. The lowest BCUT2D eigenvalue weighted by atomic mass is 9.56. The highest BCUT2D eigenvalue weighted by molar-refractivity contribution is 5.96. The average Bonchev–Trinajstić information content (AvgIpc) is 2.60. The molecular formula is C22H35N. The van der Waals surface area contributed by atoms with E-state index in [2.05, 4.69) is 37.1 Å². The summed E-state index contributed by atoms with van der Waals surface area (Å²) in [6, 6.07) is 0. The van der Waals surface area contributed by atoms with E-state index in [4.69, 9.17) is 0 Å². The van der Waals surface area contributed by atoms with Crippen molar-refractivity contribution in [2.75, 3.05) is 7.05 Å². The van der Waals surface area contributed by atoms with Crippen LogP contribution in [-0.4, -0.2) is 12.8 Å². The Kier molecular flexibility index (Phi) is 5.77. The van der Waals surface area contributed by atoms with E-state index >= 15 is 0 Å². The molecule has 0 aromatic rings. The highest BCUT2D eigenvalue weighted by Gasteiger charge is 2.43. The molecule has 0 amide bonds. The monoisotopic (exact) mass is 313 g/mol. The van der Waals surface area contributed by atoms with Crippen LogP contribution in [0, 0.1) is 29.6 Å². The Balaban J connectivity index is 1.81. The fourth-order valence-electron chi connectivity index (χ4n) is 5.66. The van der Waals surface area contributed by atoms with Crippen molar-refractivity contribution in [2.45, 2.75) is 71.6 Å². The molecule has 0 aromatic carbocycles. The first-order valence-electron chi connectivity index (χ1n) is 10.1. The van der Waals surface area contributed by atoms with Crippen LogP contribution in [0.1, 0.15) is 71.6 Å². The molecule has 128 valence electrons. The Morgan fingerprint density at radius 1 is 1.09 bits per heavy atom. The maximum Gasteiger partial charge on any atom is 0.0347 e. The normalized spacial score (nSPS) is 38.1. The SMILES string of the molecule is CCCCC1CCC2C3CC/C(=N\C)C=C3C=CC2C1CCC. The van der Waals surface area contributed by atoms with Gasteiger partial charge < -0.3 is 0 Å². The van der Waals surface area contributed by atoms with Gasteiger partial charge in [0.2, 0.25) is 0 Å². The first kappa shape index (κ1) is 17.0. The summed E-state index contributed by atoms with van der Waals surface area (Å²) in [6.45, 7) is 4.72. The van der Waals surface area contributed by atoms with E-state index in [-0.39, 0.29) is 0 Å². The maximum atomic E-state index is 4.44. The molecule has 5 atom stereocenters. The van der Waals surface area contributed by atoms with Gasteiger partial charge in [-0.05, 0) is 73.3 Å². The lowest BCUT2D eigenvalue weighted by molar-refractivity contribution is 0.0729. The van der Waals surface area contributed by atoms with E-state index in [1.165, 1.54) is 63.5 Å². The fourth-order valence-corrected chi connectivity index (χ4v) is 5.66. The third kappa shape index (κ3) is 3.49. The summed E-state index contributed by atoms with van der Waals surface area (Å²) >= 11 is 0. The number of rotatable bonds is 5. The van der Waals surface area contributed by atoms with Crippen molar-refractivity contribution in [3.8, 4) is 0 Å². The van der Waals surface area contributed by atoms with Crippen LogP contribution in [0.3, 0.4) is 0 Å².